The Labute approximate surface area is 106 Å². The van der Waals surface area contributed by atoms with E-state index in [-0.39, 0.29) is 11.2 Å². The Bertz CT molecular complexity index is 234. The van der Waals surface area contributed by atoms with Crippen molar-refractivity contribution in [1.82, 2.24) is 0 Å². The molecular weight excluding hydrogens is 303 g/mol. The van der Waals surface area contributed by atoms with E-state index in [0.29, 0.717) is 6.10 Å². The van der Waals surface area contributed by atoms with Gasteiger partial charge in [-0.1, -0.05) is 35.4 Å². The number of methoxy groups -OCH3 is 1. The van der Waals surface area contributed by atoms with E-state index in [2.05, 4.69) is 29.5 Å². The van der Waals surface area contributed by atoms with E-state index in [9.17, 15) is 0 Å². The zero-order valence-electron chi connectivity index (χ0n) is 9.72. The van der Waals surface area contributed by atoms with Crippen molar-refractivity contribution >= 4 is 22.6 Å². The minimum Gasteiger partial charge on any atom is -0.378 e. The molecule has 1 heterocycles. The van der Waals surface area contributed by atoms with Crippen molar-refractivity contribution in [3.63, 3.8) is 0 Å². The minimum absolute atomic E-state index is 0.0485. The van der Waals surface area contributed by atoms with Crippen LogP contribution >= 0.6 is 22.6 Å². The van der Waals surface area contributed by atoms with Gasteiger partial charge in [0.15, 0.2) is 0 Å². The van der Waals surface area contributed by atoms with Crippen molar-refractivity contribution in [3.8, 4) is 0 Å². The van der Waals surface area contributed by atoms with E-state index < -0.39 is 0 Å². The summed E-state index contributed by atoms with van der Waals surface area (Å²) >= 11 is 2.44. The molecule has 2 aliphatic rings. The van der Waals surface area contributed by atoms with Crippen molar-refractivity contribution in [2.45, 2.75) is 62.8 Å². The molecule has 0 aromatic rings. The highest BCUT2D eigenvalue weighted by atomic mass is 127. The molecule has 3 atom stereocenters. The fourth-order valence-electron chi connectivity index (χ4n) is 3.08. The summed E-state index contributed by atoms with van der Waals surface area (Å²) in [4.78, 5) is 0. The summed E-state index contributed by atoms with van der Waals surface area (Å²) in [6.07, 6.45) is 7.67. The van der Waals surface area contributed by atoms with Crippen LogP contribution in [0.5, 0.6) is 0 Å². The smallest absolute Gasteiger partial charge is 0.0951 e. The Morgan fingerprint density at radius 1 is 1.33 bits per heavy atom. The monoisotopic (exact) mass is 324 g/mol. The molecule has 1 aliphatic heterocycles. The number of rotatable bonds is 2. The number of halogens is 1. The van der Waals surface area contributed by atoms with E-state index in [0.717, 1.165) is 4.43 Å². The summed E-state index contributed by atoms with van der Waals surface area (Å²) in [5, 5.41) is 0. The molecule has 0 bridgehead atoms. The van der Waals surface area contributed by atoms with Gasteiger partial charge in [0.1, 0.15) is 0 Å². The molecule has 1 saturated carbocycles. The van der Waals surface area contributed by atoms with Crippen LogP contribution in [0.1, 0.15) is 45.4 Å². The SMILES string of the molecule is COC1CCCCC12CCC(C)(CI)O2. The highest BCUT2D eigenvalue weighted by Gasteiger charge is 2.51. The van der Waals surface area contributed by atoms with Gasteiger partial charge in [0.25, 0.3) is 0 Å². The molecule has 2 nitrogen and oxygen atoms in total. The van der Waals surface area contributed by atoms with Gasteiger partial charge in [-0.2, -0.15) is 0 Å². The first kappa shape index (κ1) is 12.1. The number of alkyl halides is 1. The zero-order valence-corrected chi connectivity index (χ0v) is 11.9. The van der Waals surface area contributed by atoms with Crippen molar-refractivity contribution in [1.29, 1.82) is 0 Å². The van der Waals surface area contributed by atoms with Crippen molar-refractivity contribution < 1.29 is 9.47 Å². The van der Waals surface area contributed by atoms with Crippen LogP contribution in [0.3, 0.4) is 0 Å². The summed E-state index contributed by atoms with van der Waals surface area (Å²) < 4.78 is 13.1. The molecule has 0 N–H and O–H groups in total. The minimum atomic E-state index is 0.0485. The lowest BCUT2D eigenvalue weighted by molar-refractivity contribution is -0.167. The van der Waals surface area contributed by atoms with Crippen LogP contribution < -0.4 is 0 Å². The molecule has 0 amide bonds. The van der Waals surface area contributed by atoms with Gasteiger partial charge in [-0.15, -0.1) is 0 Å². The van der Waals surface area contributed by atoms with Crippen molar-refractivity contribution in [3.05, 3.63) is 0 Å². The topological polar surface area (TPSA) is 18.5 Å². The van der Waals surface area contributed by atoms with Crippen LogP contribution in [-0.2, 0) is 9.47 Å². The van der Waals surface area contributed by atoms with Gasteiger partial charge in [0.2, 0.25) is 0 Å². The first-order chi connectivity index (χ1) is 7.14. The normalized spacial score (nSPS) is 46.2. The van der Waals surface area contributed by atoms with Crippen LogP contribution in [-0.4, -0.2) is 28.8 Å². The highest BCUT2D eigenvalue weighted by molar-refractivity contribution is 14.1. The highest BCUT2D eigenvalue weighted by Crippen LogP contribution is 2.47. The zero-order chi connectivity index (χ0) is 10.9. The summed E-state index contributed by atoms with van der Waals surface area (Å²) in [5.74, 6) is 0. The van der Waals surface area contributed by atoms with Gasteiger partial charge in [-0.05, 0) is 32.6 Å². The third kappa shape index (κ3) is 2.20. The van der Waals surface area contributed by atoms with E-state index in [1.165, 1.54) is 38.5 Å². The van der Waals surface area contributed by atoms with E-state index in [1.807, 2.05) is 7.11 Å². The lowest BCUT2D eigenvalue weighted by Gasteiger charge is -2.41. The molecule has 1 aliphatic carbocycles. The second-order valence-corrected chi connectivity index (χ2v) is 5.98. The predicted molar refractivity (Wildman–Crippen MR) is 69.6 cm³/mol. The fraction of sp³-hybridized carbons (Fsp3) is 1.00. The van der Waals surface area contributed by atoms with Crippen LogP contribution in [0, 0.1) is 0 Å². The Kier molecular flexibility index (Phi) is 3.63. The lowest BCUT2D eigenvalue weighted by atomic mass is 9.80. The summed E-state index contributed by atoms with van der Waals surface area (Å²) in [6, 6.07) is 0. The first-order valence-corrected chi connectivity index (χ1v) is 7.46. The predicted octanol–water partition coefficient (Wildman–Crippen LogP) is 3.32. The number of ether oxygens (including phenoxy) is 2. The van der Waals surface area contributed by atoms with Crippen LogP contribution in [0.15, 0.2) is 0 Å². The molecule has 88 valence electrons. The van der Waals surface area contributed by atoms with Gasteiger partial charge in [-0.3, -0.25) is 0 Å². The Morgan fingerprint density at radius 2 is 2.13 bits per heavy atom. The summed E-state index contributed by atoms with van der Waals surface area (Å²) in [5.41, 5.74) is 0.140. The molecule has 1 saturated heterocycles. The summed E-state index contributed by atoms with van der Waals surface area (Å²) in [7, 11) is 1.83. The standard InChI is InChI=1S/C12H21IO2/c1-11(9-13)7-8-12(15-11)6-4-3-5-10(12)14-2/h10H,3-9H2,1-2H3. The maximum atomic E-state index is 6.40. The van der Waals surface area contributed by atoms with E-state index in [1.54, 1.807) is 0 Å². The Morgan fingerprint density at radius 3 is 2.73 bits per heavy atom. The van der Waals surface area contributed by atoms with Gasteiger partial charge in [0.05, 0.1) is 17.3 Å². The average molecular weight is 324 g/mol. The maximum Gasteiger partial charge on any atom is 0.0951 e. The fourth-order valence-corrected chi connectivity index (χ4v) is 3.61. The Balaban J connectivity index is 2.12. The van der Waals surface area contributed by atoms with Gasteiger partial charge >= 0.3 is 0 Å². The van der Waals surface area contributed by atoms with Gasteiger partial charge in [-0.25, -0.2) is 0 Å². The molecule has 3 unspecified atom stereocenters. The van der Waals surface area contributed by atoms with E-state index in [4.69, 9.17) is 9.47 Å². The molecular formula is C12H21IO2. The van der Waals surface area contributed by atoms with Gasteiger partial charge < -0.3 is 9.47 Å². The van der Waals surface area contributed by atoms with Crippen molar-refractivity contribution in [2.24, 2.45) is 0 Å². The van der Waals surface area contributed by atoms with Crippen LogP contribution in [0.25, 0.3) is 0 Å². The third-order valence-electron chi connectivity index (χ3n) is 4.00. The van der Waals surface area contributed by atoms with Crippen LogP contribution in [0.4, 0.5) is 0 Å². The molecule has 2 rings (SSSR count). The molecule has 0 aromatic carbocycles. The number of hydrogen-bond acceptors (Lipinski definition) is 2. The van der Waals surface area contributed by atoms with Crippen LogP contribution in [0.2, 0.25) is 0 Å². The average Bonchev–Trinajstić information content (AvgIpc) is 2.59. The second-order valence-electron chi connectivity index (χ2n) is 5.22. The lowest BCUT2D eigenvalue weighted by Crippen LogP contribution is -2.47. The quantitative estimate of drug-likeness (QED) is 0.573. The summed E-state index contributed by atoms with van der Waals surface area (Å²) in [6.45, 7) is 2.25. The second kappa shape index (κ2) is 4.49. The third-order valence-corrected chi connectivity index (χ3v) is 5.61. The largest absolute Gasteiger partial charge is 0.378 e. The molecule has 0 radical (unpaired) electrons. The number of hydrogen-bond donors (Lipinski definition) is 0. The molecule has 0 aromatic heterocycles. The van der Waals surface area contributed by atoms with Crippen molar-refractivity contribution in [2.75, 3.05) is 11.5 Å². The molecule has 1 spiro atoms. The molecule has 2 fully saturated rings. The Hall–Kier alpha value is 0.650. The molecule has 3 heteroatoms. The first-order valence-electron chi connectivity index (χ1n) is 5.93. The van der Waals surface area contributed by atoms with Gasteiger partial charge in [0, 0.05) is 11.5 Å². The molecule has 15 heavy (non-hydrogen) atoms. The van der Waals surface area contributed by atoms with E-state index >= 15 is 0 Å². The maximum absolute atomic E-state index is 6.40.